The molecule has 96 valence electrons. The Hall–Kier alpha value is -2.32. The molecule has 0 amide bonds. The van der Waals surface area contributed by atoms with Gasteiger partial charge in [0.05, 0.1) is 5.69 Å². The summed E-state index contributed by atoms with van der Waals surface area (Å²) in [6, 6.07) is 5.69. The van der Waals surface area contributed by atoms with Crippen molar-refractivity contribution < 1.29 is 0 Å². The summed E-state index contributed by atoms with van der Waals surface area (Å²) < 4.78 is 0. The van der Waals surface area contributed by atoms with Gasteiger partial charge in [-0.2, -0.15) is 10.2 Å². The van der Waals surface area contributed by atoms with Crippen LogP contribution in [0, 0.1) is 25.2 Å². The van der Waals surface area contributed by atoms with E-state index in [-0.39, 0.29) is 17.3 Å². The molecule has 0 aliphatic rings. The number of nitrogen functional groups attached to an aromatic ring is 2. The Morgan fingerprint density at radius 1 is 1.16 bits per heavy atom. The van der Waals surface area contributed by atoms with Crippen molar-refractivity contribution in [3.8, 4) is 17.3 Å². The van der Waals surface area contributed by atoms with E-state index in [2.05, 4.69) is 9.97 Å². The van der Waals surface area contributed by atoms with Crippen molar-refractivity contribution in [3.63, 3.8) is 0 Å². The van der Waals surface area contributed by atoms with Gasteiger partial charge in [-0.3, -0.25) is 0 Å². The maximum Gasteiger partial charge on any atom is 0.222 e. The Morgan fingerprint density at radius 2 is 1.84 bits per heavy atom. The van der Waals surface area contributed by atoms with Gasteiger partial charge in [-0.25, -0.2) is 4.98 Å². The second kappa shape index (κ2) is 4.75. The van der Waals surface area contributed by atoms with E-state index in [9.17, 15) is 5.26 Å². The van der Waals surface area contributed by atoms with E-state index in [1.54, 1.807) is 0 Å². The Morgan fingerprint density at radius 3 is 2.47 bits per heavy atom. The zero-order valence-electron chi connectivity index (χ0n) is 10.5. The van der Waals surface area contributed by atoms with Crippen molar-refractivity contribution in [2.24, 2.45) is 0 Å². The normalized spacial score (nSPS) is 10.2. The Labute approximate surface area is 115 Å². The lowest BCUT2D eigenvalue weighted by Crippen LogP contribution is -2.05. The van der Waals surface area contributed by atoms with Gasteiger partial charge in [-0.15, -0.1) is 0 Å². The largest absolute Gasteiger partial charge is 0.382 e. The molecule has 0 spiro atoms. The minimum absolute atomic E-state index is 0.0403. The number of rotatable bonds is 1. The molecule has 0 saturated carbocycles. The number of hydrogen-bond donors (Lipinski definition) is 2. The lowest BCUT2D eigenvalue weighted by Gasteiger charge is -2.11. The molecule has 2 aromatic rings. The molecule has 0 unspecified atom stereocenters. The predicted molar refractivity (Wildman–Crippen MR) is 75.5 cm³/mol. The van der Waals surface area contributed by atoms with Gasteiger partial charge >= 0.3 is 0 Å². The number of nitrogens with two attached hydrogens (primary N) is 2. The fourth-order valence-electron chi connectivity index (χ4n) is 1.84. The molecule has 0 saturated heterocycles. The lowest BCUT2D eigenvalue weighted by molar-refractivity contribution is 1.18. The fourth-order valence-corrected chi connectivity index (χ4v) is 2.06. The summed E-state index contributed by atoms with van der Waals surface area (Å²) >= 11 is 6.06. The standard InChI is InChI=1S/C13H12ClN5/c1-6-4-10(14)7(2)3-8(6)11-9(5-15)12(16)19-13(17)18-11/h3-4H,1-2H3,(H4,16,17,18,19). The summed E-state index contributed by atoms with van der Waals surface area (Å²) in [5, 5.41) is 9.85. The molecule has 6 heteroatoms. The number of aromatic nitrogens is 2. The smallest absolute Gasteiger partial charge is 0.222 e. The van der Waals surface area contributed by atoms with Crippen molar-refractivity contribution in [3.05, 3.63) is 33.8 Å². The highest BCUT2D eigenvalue weighted by Crippen LogP contribution is 2.31. The van der Waals surface area contributed by atoms with Gasteiger partial charge in [0.2, 0.25) is 5.95 Å². The summed E-state index contributed by atoms with van der Waals surface area (Å²) in [6.07, 6.45) is 0. The van der Waals surface area contributed by atoms with Gasteiger partial charge < -0.3 is 11.5 Å². The average Bonchev–Trinajstić information content (AvgIpc) is 2.33. The summed E-state index contributed by atoms with van der Waals surface area (Å²) in [5.41, 5.74) is 14.5. The third-order valence-corrected chi connectivity index (χ3v) is 3.23. The SMILES string of the molecule is Cc1cc(-c2nc(N)nc(N)c2C#N)c(C)cc1Cl. The van der Waals surface area contributed by atoms with Crippen LogP contribution in [-0.2, 0) is 0 Å². The maximum atomic E-state index is 9.19. The van der Waals surface area contributed by atoms with Crippen LogP contribution >= 0.6 is 11.6 Å². The minimum atomic E-state index is 0.0403. The van der Waals surface area contributed by atoms with E-state index in [1.165, 1.54) is 0 Å². The maximum absolute atomic E-state index is 9.19. The first-order valence-corrected chi connectivity index (χ1v) is 5.92. The van der Waals surface area contributed by atoms with Gasteiger partial charge in [0.25, 0.3) is 0 Å². The van der Waals surface area contributed by atoms with Gasteiger partial charge in [-0.05, 0) is 37.1 Å². The second-order valence-corrected chi connectivity index (χ2v) is 4.63. The Kier molecular flexibility index (Phi) is 3.28. The van der Waals surface area contributed by atoms with Crippen LogP contribution in [0.4, 0.5) is 11.8 Å². The zero-order valence-corrected chi connectivity index (χ0v) is 11.3. The van der Waals surface area contributed by atoms with E-state index in [0.717, 1.165) is 16.7 Å². The topological polar surface area (TPSA) is 102 Å². The van der Waals surface area contributed by atoms with Gasteiger partial charge in [0.15, 0.2) is 0 Å². The van der Waals surface area contributed by atoms with E-state index in [0.29, 0.717) is 10.7 Å². The Bertz CT molecular complexity index is 703. The van der Waals surface area contributed by atoms with Gasteiger partial charge in [-0.1, -0.05) is 11.6 Å². The van der Waals surface area contributed by atoms with Crippen molar-refractivity contribution in [2.45, 2.75) is 13.8 Å². The van der Waals surface area contributed by atoms with Crippen LogP contribution in [0.2, 0.25) is 5.02 Å². The molecule has 0 radical (unpaired) electrons. The minimum Gasteiger partial charge on any atom is -0.382 e. The monoisotopic (exact) mass is 273 g/mol. The third kappa shape index (κ3) is 2.30. The molecule has 0 atom stereocenters. The first-order valence-electron chi connectivity index (χ1n) is 5.54. The molecule has 0 fully saturated rings. The molecule has 4 N–H and O–H groups in total. The highest BCUT2D eigenvalue weighted by atomic mass is 35.5. The summed E-state index contributed by atoms with van der Waals surface area (Å²) in [4.78, 5) is 7.92. The van der Waals surface area contributed by atoms with Crippen molar-refractivity contribution in [2.75, 3.05) is 11.5 Å². The number of aryl methyl sites for hydroxylation is 2. The number of nitrogens with zero attached hydrogens (tertiary/aromatic N) is 3. The predicted octanol–water partition coefficient (Wildman–Crippen LogP) is 2.45. The molecule has 19 heavy (non-hydrogen) atoms. The number of anilines is 2. The number of halogens is 1. The first-order chi connectivity index (χ1) is 8.93. The summed E-state index contributed by atoms with van der Waals surface area (Å²) in [5.74, 6) is 0.121. The first kappa shape index (κ1) is 13.1. The highest BCUT2D eigenvalue weighted by Gasteiger charge is 2.15. The average molecular weight is 274 g/mol. The van der Waals surface area contributed by atoms with Crippen LogP contribution < -0.4 is 11.5 Å². The van der Waals surface area contributed by atoms with Crippen LogP contribution in [0.1, 0.15) is 16.7 Å². The summed E-state index contributed by atoms with van der Waals surface area (Å²) in [6.45, 7) is 3.77. The van der Waals surface area contributed by atoms with E-state index in [1.807, 2.05) is 32.0 Å². The van der Waals surface area contributed by atoms with Crippen LogP contribution in [0.25, 0.3) is 11.3 Å². The molecule has 0 bridgehead atoms. The van der Waals surface area contributed by atoms with Crippen LogP contribution in [0.3, 0.4) is 0 Å². The fraction of sp³-hybridized carbons (Fsp3) is 0.154. The van der Waals surface area contributed by atoms with E-state index < -0.39 is 0 Å². The van der Waals surface area contributed by atoms with Crippen LogP contribution in [0.5, 0.6) is 0 Å². The third-order valence-electron chi connectivity index (χ3n) is 2.83. The highest BCUT2D eigenvalue weighted by molar-refractivity contribution is 6.31. The second-order valence-electron chi connectivity index (χ2n) is 4.22. The van der Waals surface area contributed by atoms with Crippen molar-refractivity contribution in [1.29, 1.82) is 5.26 Å². The van der Waals surface area contributed by atoms with E-state index >= 15 is 0 Å². The van der Waals surface area contributed by atoms with Crippen molar-refractivity contribution >= 4 is 23.4 Å². The molecule has 1 heterocycles. The van der Waals surface area contributed by atoms with E-state index in [4.69, 9.17) is 23.1 Å². The summed E-state index contributed by atoms with van der Waals surface area (Å²) in [7, 11) is 0. The molecule has 0 aliphatic carbocycles. The zero-order chi connectivity index (χ0) is 14.2. The molecule has 0 aliphatic heterocycles. The lowest BCUT2D eigenvalue weighted by atomic mass is 9.99. The van der Waals surface area contributed by atoms with Crippen LogP contribution in [-0.4, -0.2) is 9.97 Å². The molecule has 1 aromatic carbocycles. The quantitative estimate of drug-likeness (QED) is 0.831. The molecule has 1 aromatic heterocycles. The van der Waals surface area contributed by atoms with Gasteiger partial charge in [0, 0.05) is 10.6 Å². The molecule has 2 rings (SSSR count). The number of hydrogen-bond acceptors (Lipinski definition) is 5. The number of benzene rings is 1. The molecular formula is C13H12ClN5. The van der Waals surface area contributed by atoms with Gasteiger partial charge in [0.1, 0.15) is 17.5 Å². The Balaban J connectivity index is 2.79. The van der Waals surface area contributed by atoms with Crippen LogP contribution in [0.15, 0.2) is 12.1 Å². The molecule has 5 nitrogen and oxygen atoms in total. The number of nitriles is 1. The van der Waals surface area contributed by atoms with Crippen molar-refractivity contribution in [1.82, 2.24) is 9.97 Å². The molecular weight excluding hydrogens is 262 g/mol.